The highest BCUT2D eigenvalue weighted by molar-refractivity contribution is 7.99. The van der Waals surface area contributed by atoms with Gasteiger partial charge in [0.1, 0.15) is 10.1 Å². The van der Waals surface area contributed by atoms with Crippen LogP contribution in [0.15, 0.2) is 52.5 Å². The molecular formula is C16H15N3S. The first-order valence-corrected chi connectivity index (χ1v) is 7.21. The van der Waals surface area contributed by atoms with Crippen molar-refractivity contribution in [3.63, 3.8) is 0 Å². The molecule has 3 nitrogen and oxygen atoms in total. The van der Waals surface area contributed by atoms with Crippen LogP contribution in [0.1, 0.15) is 11.3 Å². The number of nitrogens with two attached hydrogens (primary N) is 1. The third-order valence-corrected chi connectivity index (χ3v) is 3.83. The lowest BCUT2D eigenvalue weighted by molar-refractivity contribution is 1.04. The van der Waals surface area contributed by atoms with Gasteiger partial charge in [-0.15, -0.1) is 0 Å². The fourth-order valence-electron chi connectivity index (χ4n) is 2.15. The first-order chi connectivity index (χ1) is 9.60. The Balaban J connectivity index is 1.96. The molecule has 0 fully saturated rings. The van der Waals surface area contributed by atoms with E-state index < -0.39 is 0 Å². The van der Waals surface area contributed by atoms with Crippen molar-refractivity contribution >= 4 is 28.4 Å². The first-order valence-electron chi connectivity index (χ1n) is 6.39. The molecule has 0 saturated heterocycles. The van der Waals surface area contributed by atoms with Gasteiger partial charge in [-0.3, -0.25) is 0 Å². The molecule has 1 aromatic carbocycles. The minimum Gasteiger partial charge on any atom is -0.399 e. The number of aromatic nitrogens is 2. The topological polar surface area (TPSA) is 51.8 Å². The molecule has 0 aliphatic rings. The second-order valence-corrected chi connectivity index (χ2v) is 5.87. The van der Waals surface area contributed by atoms with Gasteiger partial charge in [-0.05, 0) is 55.8 Å². The van der Waals surface area contributed by atoms with E-state index in [1.54, 1.807) is 11.8 Å². The molecule has 0 aliphatic heterocycles. The summed E-state index contributed by atoms with van der Waals surface area (Å²) in [5.41, 5.74) is 9.73. The Morgan fingerprint density at radius 1 is 0.900 bits per heavy atom. The number of hydrogen-bond donors (Lipinski definition) is 1. The van der Waals surface area contributed by atoms with E-state index in [1.165, 1.54) is 5.56 Å². The Bertz CT molecular complexity index is 764. The van der Waals surface area contributed by atoms with Crippen LogP contribution in [0, 0.1) is 13.8 Å². The monoisotopic (exact) mass is 281 g/mol. The summed E-state index contributed by atoms with van der Waals surface area (Å²) in [6.07, 6.45) is 0. The van der Waals surface area contributed by atoms with Crippen LogP contribution in [0.25, 0.3) is 10.9 Å². The Hall–Kier alpha value is -2.07. The molecule has 0 saturated carbocycles. The van der Waals surface area contributed by atoms with E-state index in [0.29, 0.717) is 0 Å². The van der Waals surface area contributed by atoms with E-state index in [9.17, 15) is 0 Å². The highest BCUT2D eigenvalue weighted by atomic mass is 32.2. The number of anilines is 1. The van der Waals surface area contributed by atoms with Gasteiger partial charge in [-0.25, -0.2) is 9.97 Å². The molecular weight excluding hydrogens is 266 g/mol. The Labute approximate surface area is 122 Å². The van der Waals surface area contributed by atoms with Crippen molar-refractivity contribution in [3.8, 4) is 0 Å². The predicted molar refractivity (Wildman–Crippen MR) is 84.0 cm³/mol. The van der Waals surface area contributed by atoms with Gasteiger partial charge in [0, 0.05) is 16.8 Å². The second kappa shape index (κ2) is 5.13. The van der Waals surface area contributed by atoms with Crippen LogP contribution in [0.3, 0.4) is 0 Å². The van der Waals surface area contributed by atoms with Gasteiger partial charge >= 0.3 is 0 Å². The average molecular weight is 281 g/mol. The molecule has 3 aromatic rings. The first kappa shape index (κ1) is 12.9. The molecule has 20 heavy (non-hydrogen) atoms. The molecule has 0 spiro atoms. The smallest absolute Gasteiger partial charge is 0.103 e. The standard InChI is InChI=1S/C16H15N3S/c1-10-7-11(2)18-16(8-10)20-15-6-3-12-9-13(17)4-5-14(12)19-15/h3-9H,17H2,1-2H3. The Morgan fingerprint density at radius 3 is 2.55 bits per heavy atom. The number of fused-ring (bicyclic) bond motifs is 1. The zero-order valence-electron chi connectivity index (χ0n) is 11.4. The van der Waals surface area contributed by atoms with Crippen LogP contribution in [0.2, 0.25) is 0 Å². The summed E-state index contributed by atoms with van der Waals surface area (Å²) >= 11 is 1.58. The van der Waals surface area contributed by atoms with Crippen molar-refractivity contribution in [3.05, 3.63) is 53.7 Å². The van der Waals surface area contributed by atoms with Gasteiger partial charge < -0.3 is 5.73 Å². The van der Waals surface area contributed by atoms with Gasteiger partial charge in [0.15, 0.2) is 0 Å². The van der Waals surface area contributed by atoms with E-state index in [1.807, 2.05) is 37.3 Å². The van der Waals surface area contributed by atoms with Crippen molar-refractivity contribution in [1.29, 1.82) is 0 Å². The van der Waals surface area contributed by atoms with E-state index in [4.69, 9.17) is 5.73 Å². The molecule has 0 amide bonds. The van der Waals surface area contributed by atoms with E-state index in [0.717, 1.165) is 32.3 Å². The van der Waals surface area contributed by atoms with Crippen LogP contribution in [0.4, 0.5) is 5.69 Å². The molecule has 2 aromatic heterocycles. The average Bonchev–Trinajstić information content (AvgIpc) is 2.38. The number of pyridine rings is 2. The van der Waals surface area contributed by atoms with Gasteiger partial charge in [-0.1, -0.05) is 17.8 Å². The number of aryl methyl sites for hydroxylation is 2. The number of rotatable bonds is 2. The van der Waals surface area contributed by atoms with Crippen LogP contribution < -0.4 is 5.73 Å². The molecule has 0 atom stereocenters. The van der Waals surface area contributed by atoms with Crippen molar-refractivity contribution in [1.82, 2.24) is 9.97 Å². The lowest BCUT2D eigenvalue weighted by Gasteiger charge is -2.05. The number of nitrogens with zero attached hydrogens (tertiary/aromatic N) is 2. The zero-order chi connectivity index (χ0) is 14.1. The molecule has 3 rings (SSSR count). The summed E-state index contributed by atoms with van der Waals surface area (Å²) in [4.78, 5) is 9.16. The summed E-state index contributed by atoms with van der Waals surface area (Å²) in [6, 6.07) is 14.0. The van der Waals surface area contributed by atoms with Crippen molar-refractivity contribution in [2.75, 3.05) is 5.73 Å². The lowest BCUT2D eigenvalue weighted by Crippen LogP contribution is -1.89. The Kier molecular flexibility index (Phi) is 3.32. The van der Waals surface area contributed by atoms with Crippen molar-refractivity contribution in [2.24, 2.45) is 0 Å². The summed E-state index contributed by atoms with van der Waals surface area (Å²) in [5, 5.41) is 2.98. The zero-order valence-corrected chi connectivity index (χ0v) is 12.2. The summed E-state index contributed by atoms with van der Waals surface area (Å²) in [7, 11) is 0. The molecule has 2 heterocycles. The van der Waals surface area contributed by atoms with Crippen LogP contribution in [0.5, 0.6) is 0 Å². The van der Waals surface area contributed by atoms with Crippen molar-refractivity contribution < 1.29 is 0 Å². The summed E-state index contributed by atoms with van der Waals surface area (Å²) < 4.78 is 0. The SMILES string of the molecule is Cc1cc(C)nc(Sc2ccc3cc(N)ccc3n2)c1. The largest absolute Gasteiger partial charge is 0.399 e. The normalized spacial score (nSPS) is 10.9. The summed E-state index contributed by atoms with van der Waals surface area (Å²) in [6.45, 7) is 4.09. The fourth-order valence-corrected chi connectivity index (χ4v) is 3.07. The van der Waals surface area contributed by atoms with Crippen LogP contribution in [-0.2, 0) is 0 Å². The fraction of sp³-hybridized carbons (Fsp3) is 0.125. The predicted octanol–water partition coefficient (Wildman–Crippen LogP) is 3.98. The third kappa shape index (κ3) is 2.75. The highest BCUT2D eigenvalue weighted by Crippen LogP contribution is 2.27. The number of nitrogen functional groups attached to an aromatic ring is 1. The molecule has 4 heteroatoms. The van der Waals surface area contributed by atoms with E-state index in [2.05, 4.69) is 29.0 Å². The molecule has 0 bridgehead atoms. The molecule has 2 N–H and O–H groups in total. The summed E-state index contributed by atoms with van der Waals surface area (Å²) in [5.74, 6) is 0. The van der Waals surface area contributed by atoms with Gasteiger partial charge in [-0.2, -0.15) is 0 Å². The van der Waals surface area contributed by atoms with Crippen LogP contribution >= 0.6 is 11.8 Å². The number of benzene rings is 1. The maximum atomic E-state index is 5.78. The molecule has 0 unspecified atom stereocenters. The molecule has 100 valence electrons. The maximum Gasteiger partial charge on any atom is 0.103 e. The third-order valence-electron chi connectivity index (χ3n) is 2.97. The molecule has 0 aliphatic carbocycles. The van der Waals surface area contributed by atoms with Gasteiger partial charge in [0.25, 0.3) is 0 Å². The van der Waals surface area contributed by atoms with Crippen molar-refractivity contribution in [2.45, 2.75) is 23.9 Å². The molecule has 0 radical (unpaired) electrons. The second-order valence-electron chi connectivity index (χ2n) is 4.83. The van der Waals surface area contributed by atoms with Gasteiger partial charge in [0.05, 0.1) is 5.52 Å². The Morgan fingerprint density at radius 2 is 1.75 bits per heavy atom. The number of hydrogen-bond acceptors (Lipinski definition) is 4. The highest BCUT2D eigenvalue weighted by Gasteiger charge is 2.04. The quantitative estimate of drug-likeness (QED) is 0.722. The minimum atomic E-state index is 0.760. The van der Waals surface area contributed by atoms with Gasteiger partial charge in [0.2, 0.25) is 0 Å². The van der Waals surface area contributed by atoms with E-state index >= 15 is 0 Å². The van der Waals surface area contributed by atoms with E-state index in [-0.39, 0.29) is 0 Å². The minimum absolute atomic E-state index is 0.760. The van der Waals surface area contributed by atoms with Crippen LogP contribution in [-0.4, -0.2) is 9.97 Å². The lowest BCUT2D eigenvalue weighted by atomic mass is 10.2. The maximum absolute atomic E-state index is 5.78.